The highest BCUT2D eigenvalue weighted by Gasteiger charge is 2.39. The van der Waals surface area contributed by atoms with E-state index in [1.54, 1.807) is 71.9 Å². The molecule has 0 aliphatic heterocycles. The van der Waals surface area contributed by atoms with Crippen molar-refractivity contribution in [3.05, 3.63) is 59.2 Å². The van der Waals surface area contributed by atoms with Crippen LogP contribution in [0.25, 0.3) is 0 Å². The van der Waals surface area contributed by atoms with Crippen molar-refractivity contribution in [3.63, 3.8) is 0 Å². The van der Waals surface area contributed by atoms with Gasteiger partial charge in [0.25, 0.3) is 0 Å². The van der Waals surface area contributed by atoms with Crippen LogP contribution >= 0.6 is 0 Å². The molecule has 0 fully saturated rings. The first-order valence-electron chi connectivity index (χ1n) is 13.4. The minimum Gasteiger partial charge on any atom is -0.508 e. The van der Waals surface area contributed by atoms with E-state index in [4.69, 9.17) is 4.74 Å². The molecule has 214 valence electrons. The Morgan fingerprint density at radius 2 is 1.67 bits per heavy atom. The Bertz CT molecular complexity index is 1120. The number of phenolic OH excluding ortho intramolecular Hbond substituents is 2. The van der Waals surface area contributed by atoms with Crippen LogP contribution in [-0.4, -0.2) is 57.3 Å². The van der Waals surface area contributed by atoms with Crippen LogP contribution in [0.2, 0.25) is 0 Å². The number of alkyl carbamates (subject to hydrolysis) is 1. The standard InChI is InChI=1S/C30H43N3O6/c1-8-9-17-31-27(36)25(23-12-10-11-20(4)26(23)35)33(19(2)3)28(37)24(32-29(38)39-30(5,6)7)18-21-13-15-22(34)16-14-21/h10-16,19,24-25,34-35H,8-9,17-18H2,1-7H3,(H,31,36)(H,32,38). The van der Waals surface area contributed by atoms with Gasteiger partial charge in [-0.15, -0.1) is 0 Å². The minimum absolute atomic E-state index is 0.0678. The molecular formula is C30H43N3O6. The maximum atomic E-state index is 14.2. The molecule has 4 N–H and O–H groups in total. The lowest BCUT2D eigenvalue weighted by Gasteiger charge is -2.37. The summed E-state index contributed by atoms with van der Waals surface area (Å²) in [7, 11) is 0. The summed E-state index contributed by atoms with van der Waals surface area (Å²) < 4.78 is 5.43. The van der Waals surface area contributed by atoms with E-state index in [2.05, 4.69) is 10.6 Å². The smallest absolute Gasteiger partial charge is 0.408 e. The van der Waals surface area contributed by atoms with E-state index in [0.717, 1.165) is 12.8 Å². The number of carbonyl (C=O) groups is 3. The monoisotopic (exact) mass is 541 g/mol. The van der Waals surface area contributed by atoms with Gasteiger partial charge >= 0.3 is 6.09 Å². The summed E-state index contributed by atoms with van der Waals surface area (Å²) in [6.45, 7) is 12.9. The van der Waals surface area contributed by atoms with Crippen molar-refractivity contribution in [2.24, 2.45) is 0 Å². The predicted octanol–water partition coefficient (Wildman–Crippen LogP) is 4.74. The lowest BCUT2D eigenvalue weighted by atomic mass is 9.96. The highest BCUT2D eigenvalue weighted by Crippen LogP contribution is 2.33. The molecule has 2 aromatic carbocycles. The number of hydrogen-bond acceptors (Lipinski definition) is 6. The van der Waals surface area contributed by atoms with Gasteiger partial charge in [0.15, 0.2) is 0 Å². The zero-order valence-electron chi connectivity index (χ0n) is 24.1. The number of hydrogen-bond donors (Lipinski definition) is 4. The van der Waals surface area contributed by atoms with Crippen LogP contribution in [0.15, 0.2) is 42.5 Å². The maximum Gasteiger partial charge on any atom is 0.408 e. The van der Waals surface area contributed by atoms with Crippen molar-refractivity contribution in [2.75, 3.05) is 6.54 Å². The van der Waals surface area contributed by atoms with E-state index >= 15 is 0 Å². The molecule has 9 nitrogen and oxygen atoms in total. The van der Waals surface area contributed by atoms with Gasteiger partial charge < -0.3 is 30.5 Å². The second-order valence-electron chi connectivity index (χ2n) is 11.0. The topological polar surface area (TPSA) is 128 Å². The molecule has 2 atom stereocenters. The van der Waals surface area contributed by atoms with E-state index < -0.39 is 41.6 Å². The van der Waals surface area contributed by atoms with Gasteiger partial charge in [-0.1, -0.05) is 43.7 Å². The van der Waals surface area contributed by atoms with Gasteiger partial charge in [-0.3, -0.25) is 9.59 Å². The fraction of sp³-hybridized carbons (Fsp3) is 0.500. The third kappa shape index (κ3) is 9.19. The molecule has 2 rings (SSSR count). The van der Waals surface area contributed by atoms with Crippen LogP contribution in [0.3, 0.4) is 0 Å². The normalized spacial score (nSPS) is 12.9. The highest BCUT2D eigenvalue weighted by molar-refractivity contribution is 5.93. The van der Waals surface area contributed by atoms with Crippen molar-refractivity contribution in [2.45, 2.75) is 91.5 Å². The lowest BCUT2D eigenvalue weighted by Crippen LogP contribution is -2.55. The van der Waals surface area contributed by atoms with Gasteiger partial charge in [-0.25, -0.2) is 4.79 Å². The molecule has 39 heavy (non-hydrogen) atoms. The van der Waals surface area contributed by atoms with Gasteiger partial charge in [0, 0.05) is 24.6 Å². The minimum atomic E-state index is -1.14. The summed E-state index contributed by atoms with van der Waals surface area (Å²) >= 11 is 0. The molecule has 9 heteroatoms. The molecule has 0 saturated heterocycles. The van der Waals surface area contributed by atoms with E-state index in [1.165, 1.54) is 17.0 Å². The Morgan fingerprint density at radius 3 is 2.23 bits per heavy atom. The zero-order valence-corrected chi connectivity index (χ0v) is 24.1. The number of unbranched alkanes of at least 4 members (excludes halogenated alkanes) is 1. The Labute approximate surface area is 231 Å². The summed E-state index contributed by atoms with van der Waals surface area (Å²) in [5.74, 6) is -0.932. The summed E-state index contributed by atoms with van der Waals surface area (Å²) in [6.07, 6.45) is 0.955. The maximum absolute atomic E-state index is 14.2. The van der Waals surface area contributed by atoms with E-state index in [-0.39, 0.29) is 17.9 Å². The number of amides is 3. The molecule has 0 heterocycles. The molecule has 0 aliphatic rings. The number of nitrogens with zero attached hydrogens (tertiary/aromatic N) is 1. The molecule has 0 aliphatic carbocycles. The van der Waals surface area contributed by atoms with E-state index in [9.17, 15) is 24.6 Å². The molecule has 0 bridgehead atoms. The molecular weight excluding hydrogens is 498 g/mol. The highest BCUT2D eigenvalue weighted by atomic mass is 16.6. The van der Waals surface area contributed by atoms with Crippen LogP contribution in [0, 0.1) is 6.92 Å². The van der Waals surface area contributed by atoms with E-state index in [0.29, 0.717) is 23.2 Å². The molecule has 2 aromatic rings. The quantitative estimate of drug-likeness (QED) is 0.304. The van der Waals surface area contributed by atoms with Crippen LogP contribution in [0.1, 0.15) is 77.1 Å². The molecule has 0 aromatic heterocycles. The number of para-hydroxylation sites is 1. The van der Waals surface area contributed by atoms with Gasteiger partial charge in [0.2, 0.25) is 11.8 Å². The Kier molecular flexibility index (Phi) is 11.2. The summed E-state index contributed by atoms with van der Waals surface area (Å²) in [4.78, 5) is 42.0. The average Bonchev–Trinajstić information content (AvgIpc) is 2.83. The van der Waals surface area contributed by atoms with Crippen LogP contribution in [0.5, 0.6) is 11.5 Å². The first-order chi connectivity index (χ1) is 18.2. The molecule has 0 spiro atoms. The van der Waals surface area contributed by atoms with Gasteiger partial charge in [0.05, 0.1) is 0 Å². The fourth-order valence-electron chi connectivity index (χ4n) is 4.18. The average molecular weight is 542 g/mol. The summed E-state index contributed by atoms with van der Waals surface area (Å²) in [6, 6.07) is 8.70. The Morgan fingerprint density at radius 1 is 1.03 bits per heavy atom. The first-order valence-corrected chi connectivity index (χ1v) is 13.4. The van der Waals surface area contributed by atoms with Crippen LogP contribution in [0.4, 0.5) is 4.79 Å². The van der Waals surface area contributed by atoms with Gasteiger partial charge in [-0.2, -0.15) is 0 Å². The molecule has 0 saturated carbocycles. The van der Waals surface area contributed by atoms with Crippen molar-refractivity contribution in [3.8, 4) is 11.5 Å². The van der Waals surface area contributed by atoms with Gasteiger partial charge in [-0.05, 0) is 71.2 Å². The van der Waals surface area contributed by atoms with Gasteiger partial charge in [0.1, 0.15) is 29.2 Å². The number of benzene rings is 2. The number of rotatable bonds is 11. The van der Waals surface area contributed by atoms with Crippen molar-refractivity contribution >= 4 is 17.9 Å². The van der Waals surface area contributed by atoms with Crippen LogP contribution < -0.4 is 10.6 Å². The third-order valence-electron chi connectivity index (χ3n) is 6.10. The predicted molar refractivity (Wildman–Crippen MR) is 150 cm³/mol. The molecule has 0 radical (unpaired) electrons. The number of carbonyl (C=O) groups excluding carboxylic acids is 3. The lowest BCUT2D eigenvalue weighted by molar-refractivity contribution is -0.144. The second kappa shape index (κ2) is 13.9. The number of phenols is 2. The first kappa shape index (κ1) is 31.5. The summed E-state index contributed by atoms with van der Waals surface area (Å²) in [5, 5.41) is 26.2. The van der Waals surface area contributed by atoms with Crippen molar-refractivity contribution in [1.29, 1.82) is 0 Å². The largest absolute Gasteiger partial charge is 0.508 e. The number of ether oxygens (including phenoxy) is 1. The second-order valence-corrected chi connectivity index (χ2v) is 11.0. The number of nitrogens with one attached hydrogen (secondary N) is 2. The SMILES string of the molecule is CCCCNC(=O)C(c1cccc(C)c1O)N(C(=O)C(Cc1ccc(O)cc1)NC(=O)OC(C)(C)C)C(C)C. The Hall–Kier alpha value is -3.75. The van der Waals surface area contributed by atoms with Crippen LogP contribution in [-0.2, 0) is 20.7 Å². The van der Waals surface area contributed by atoms with Crippen molar-refractivity contribution < 1.29 is 29.3 Å². The van der Waals surface area contributed by atoms with Crippen molar-refractivity contribution in [1.82, 2.24) is 15.5 Å². The molecule has 3 amide bonds. The number of aryl methyl sites for hydroxylation is 1. The molecule has 2 unspecified atom stereocenters. The third-order valence-corrected chi connectivity index (χ3v) is 6.10. The fourth-order valence-corrected chi connectivity index (χ4v) is 4.18. The Balaban J connectivity index is 2.57. The number of aromatic hydroxyl groups is 2. The summed E-state index contributed by atoms with van der Waals surface area (Å²) in [5.41, 5.74) is 0.769. The zero-order chi connectivity index (χ0) is 29.3. The van der Waals surface area contributed by atoms with E-state index in [1.807, 2.05) is 6.92 Å².